The van der Waals surface area contributed by atoms with Crippen LogP contribution in [-0.4, -0.2) is 41.0 Å². The fraction of sp³-hybridized carbons (Fsp3) is 0.400. The van der Waals surface area contributed by atoms with Crippen LogP contribution < -0.4 is 0 Å². The largest absolute Gasteiger partial charge is 0.469 e. The Hall–Kier alpha value is -3.00. The van der Waals surface area contributed by atoms with E-state index in [-0.39, 0.29) is 5.76 Å². The van der Waals surface area contributed by atoms with Crippen LogP contribution in [0.25, 0.3) is 0 Å². The van der Waals surface area contributed by atoms with Gasteiger partial charge in [0, 0.05) is 4.92 Å². The zero-order chi connectivity index (χ0) is 20.5. The minimum atomic E-state index is -1.89. The molecule has 1 aromatic carbocycles. The van der Waals surface area contributed by atoms with Crippen molar-refractivity contribution in [3.63, 3.8) is 0 Å². The summed E-state index contributed by atoms with van der Waals surface area (Å²) in [5.41, 5.74) is -1.39. The summed E-state index contributed by atoms with van der Waals surface area (Å²) >= 11 is 0. The van der Waals surface area contributed by atoms with Gasteiger partial charge in [0.05, 0.1) is 42.6 Å². The molecular formula is C20H21NO7. The first-order chi connectivity index (χ1) is 13.3. The molecule has 0 aliphatic heterocycles. The van der Waals surface area contributed by atoms with Crippen LogP contribution in [0.15, 0.2) is 53.1 Å². The van der Waals surface area contributed by atoms with Crippen molar-refractivity contribution in [2.75, 3.05) is 7.11 Å². The molecular weight excluding hydrogens is 366 g/mol. The van der Waals surface area contributed by atoms with Crippen LogP contribution in [0.2, 0.25) is 0 Å². The molecule has 8 nitrogen and oxygen atoms in total. The Morgan fingerprint density at radius 2 is 1.93 bits per heavy atom. The molecule has 1 fully saturated rings. The second kappa shape index (κ2) is 7.55. The standard InChI is InChI=1S/C20H21NO7/c1-20(24)13(11-22)16(14-9-6-10-28-14)18(21(25)26)15(17(20)19(23)27-2)12-7-4-3-5-8-12/h3-11,13,15-18,24H,1-2H3/t13-,15+,16+,17-,18+,20-/m1/s1. The molecule has 148 valence electrons. The van der Waals surface area contributed by atoms with Gasteiger partial charge >= 0.3 is 5.97 Å². The molecule has 0 spiro atoms. The molecule has 0 bridgehead atoms. The molecule has 28 heavy (non-hydrogen) atoms. The smallest absolute Gasteiger partial charge is 0.312 e. The summed E-state index contributed by atoms with van der Waals surface area (Å²) in [5.74, 6) is -5.22. The van der Waals surface area contributed by atoms with Crippen LogP contribution in [-0.2, 0) is 14.3 Å². The lowest BCUT2D eigenvalue weighted by Crippen LogP contribution is -2.61. The number of carbonyl (C=O) groups excluding carboxylic acids is 2. The number of nitro groups is 1. The average Bonchev–Trinajstić information content (AvgIpc) is 3.20. The second-order valence-corrected chi connectivity index (χ2v) is 7.14. The zero-order valence-corrected chi connectivity index (χ0v) is 15.4. The van der Waals surface area contributed by atoms with Crippen LogP contribution in [0.4, 0.5) is 0 Å². The molecule has 6 atom stereocenters. The van der Waals surface area contributed by atoms with Crippen molar-refractivity contribution in [3.05, 3.63) is 70.2 Å². The van der Waals surface area contributed by atoms with Gasteiger partial charge in [0.15, 0.2) is 0 Å². The summed E-state index contributed by atoms with van der Waals surface area (Å²) in [7, 11) is 1.15. The van der Waals surface area contributed by atoms with E-state index in [1.54, 1.807) is 36.4 Å². The van der Waals surface area contributed by atoms with Gasteiger partial charge < -0.3 is 19.1 Å². The topological polar surface area (TPSA) is 120 Å². The highest BCUT2D eigenvalue weighted by Crippen LogP contribution is 2.53. The molecule has 0 radical (unpaired) electrons. The quantitative estimate of drug-likeness (QED) is 0.361. The van der Waals surface area contributed by atoms with E-state index < -0.39 is 46.2 Å². The molecule has 3 rings (SSSR count). The summed E-state index contributed by atoms with van der Waals surface area (Å²) in [5, 5.41) is 23.5. The van der Waals surface area contributed by atoms with Crippen molar-refractivity contribution >= 4 is 12.3 Å². The molecule has 0 saturated heterocycles. The van der Waals surface area contributed by atoms with E-state index in [0.29, 0.717) is 11.8 Å². The van der Waals surface area contributed by atoms with Crippen LogP contribution in [0.1, 0.15) is 30.1 Å². The zero-order valence-electron chi connectivity index (χ0n) is 15.4. The number of furan rings is 1. The number of nitrogens with zero attached hydrogens (tertiary/aromatic N) is 1. The fourth-order valence-electron chi connectivity index (χ4n) is 4.46. The lowest BCUT2D eigenvalue weighted by molar-refractivity contribution is -0.540. The number of methoxy groups -OCH3 is 1. The summed E-state index contributed by atoms with van der Waals surface area (Å²) in [6.07, 6.45) is 1.81. The molecule has 1 heterocycles. The van der Waals surface area contributed by atoms with Crippen molar-refractivity contribution < 1.29 is 28.8 Å². The third kappa shape index (κ3) is 3.09. The Labute approximate surface area is 161 Å². The number of aliphatic hydroxyl groups is 1. The number of benzene rings is 1. The van der Waals surface area contributed by atoms with E-state index in [4.69, 9.17) is 9.15 Å². The van der Waals surface area contributed by atoms with Gasteiger partial charge in [-0.2, -0.15) is 0 Å². The fourth-order valence-corrected chi connectivity index (χ4v) is 4.46. The van der Waals surface area contributed by atoms with Gasteiger partial charge in [0.25, 0.3) is 0 Å². The number of hydrogen-bond acceptors (Lipinski definition) is 7. The van der Waals surface area contributed by atoms with E-state index >= 15 is 0 Å². The first kappa shape index (κ1) is 19.8. The number of rotatable bonds is 5. The van der Waals surface area contributed by atoms with Crippen molar-refractivity contribution in [2.45, 2.75) is 30.4 Å². The number of aldehydes is 1. The average molecular weight is 387 g/mol. The molecule has 8 heteroatoms. The minimum Gasteiger partial charge on any atom is -0.469 e. The lowest BCUT2D eigenvalue weighted by Gasteiger charge is -2.48. The van der Waals surface area contributed by atoms with Crippen molar-refractivity contribution in [1.29, 1.82) is 0 Å². The van der Waals surface area contributed by atoms with Crippen LogP contribution in [0.5, 0.6) is 0 Å². The molecule has 0 unspecified atom stereocenters. The third-order valence-electron chi connectivity index (χ3n) is 5.69. The molecule has 1 aromatic heterocycles. The van der Waals surface area contributed by atoms with Crippen molar-refractivity contribution in [2.24, 2.45) is 11.8 Å². The van der Waals surface area contributed by atoms with E-state index in [1.165, 1.54) is 19.3 Å². The number of carbonyl (C=O) groups is 2. The maximum absolute atomic E-state index is 12.6. The van der Waals surface area contributed by atoms with Gasteiger partial charge in [-0.15, -0.1) is 0 Å². The van der Waals surface area contributed by atoms with Crippen LogP contribution >= 0.6 is 0 Å². The van der Waals surface area contributed by atoms with Crippen LogP contribution in [0.3, 0.4) is 0 Å². The first-order valence-electron chi connectivity index (χ1n) is 8.82. The molecule has 1 N–H and O–H groups in total. The van der Waals surface area contributed by atoms with Gasteiger partial charge in [-0.25, -0.2) is 0 Å². The lowest BCUT2D eigenvalue weighted by atomic mass is 9.56. The summed E-state index contributed by atoms with van der Waals surface area (Å²) in [6.45, 7) is 1.34. The monoisotopic (exact) mass is 387 g/mol. The Morgan fingerprint density at radius 3 is 2.43 bits per heavy atom. The van der Waals surface area contributed by atoms with E-state index in [0.717, 1.165) is 7.11 Å². The maximum Gasteiger partial charge on any atom is 0.312 e. The summed E-state index contributed by atoms with van der Waals surface area (Å²) < 4.78 is 10.3. The number of ether oxygens (including phenoxy) is 1. The van der Waals surface area contributed by atoms with Gasteiger partial charge in [0.1, 0.15) is 12.0 Å². The van der Waals surface area contributed by atoms with Crippen molar-refractivity contribution in [1.82, 2.24) is 0 Å². The highest BCUT2D eigenvalue weighted by Gasteiger charge is 2.65. The summed E-state index contributed by atoms with van der Waals surface area (Å²) in [6, 6.07) is 10.2. The van der Waals surface area contributed by atoms with Gasteiger partial charge in [-0.1, -0.05) is 30.3 Å². The summed E-state index contributed by atoms with van der Waals surface area (Å²) in [4.78, 5) is 36.3. The third-order valence-corrected chi connectivity index (χ3v) is 5.69. The highest BCUT2D eigenvalue weighted by atomic mass is 16.6. The Morgan fingerprint density at radius 1 is 1.25 bits per heavy atom. The SMILES string of the molecule is COC(=O)[C@H]1[C@H](c2ccccc2)[C@H]([N+](=O)[O-])[C@H](c2ccco2)[C@@H](C=O)[C@@]1(C)O. The van der Waals surface area contributed by atoms with Crippen LogP contribution in [0, 0.1) is 22.0 Å². The maximum atomic E-state index is 12.6. The Bertz CT molecular complexity index is 847. The number of esters is 1. The van der Waals surface area contributed by atoms with E-state index in [9.17, 15) is 24.8 Å². The van der Waals surface area contributed by atoms with E-state index in [1.807, 2.05) is 0 Å². The molecule has 2 aromatic rings. The van der Waals surface area contributed by atoms with Gasteiger partial charge in [-0.3, -0.25) is 14.9 Å². The van der Waals surface area contributed by atoms with Crippen molar-refractivity contribution in [3.8, 4) is 0 Å². The first-order valence-corrected chi connectivity index (χ1v) is 8.82. The molecule has 1 saturated carbocycles. The minimum absolute atomic E-state index is 0.211. The highest BCUT2D eigenvalue weighted by molar-refractivity contribution is 5.77. The second-order valence-electron chi connectivity index (χ2n) is 7.14. The molecule has 0 amide bonds. The number of hydrogen-bond donors (Lipinski definition) is 1. The van der Waals surface area contributed by atoms with Gasteiger partial charge in [-0.05, 0) is 24.6 Å². The Kier molecular flexibility index (Phi) is 5.33. The van der Waals surface area contributed by atoms with E-state index in [2.05, 4.69) is 0 Å². The Balaban J connectivity index is 2.29. The molecule has 1 aliphatic rings. The predicted molar refractivity (Wildman–Crippen MR) is 97.1 cm³/mol. The molecule has 1 aliphatic carbocycles. The predicted octanol–water partition coefficient (Wildman–Crippen LogP) is 2.16. The normalized spacial score (nSPS) is 32.5. The van der Waals surface area contributed by atoms with Gasteiger partial charge in [0.2, 0.25) is 6.04 Å².